The Bertz CT molecular complexity index is 873. The Kier molecular flexibility index (Phi) is 5.61. The molecule has 1 aliphatic carbocycles. The third-order valence-corrected chi connectivity index (χ3v) is 5.87. The fourth-order valence-electron chi connectivity index (χ4n) is 4.35. The van der Waals surface area contributed by atoms with Crippen molar-refractivity contribution in [2.45, 2.75) is 63.5 Å². The first-order valence-corrected chi connectivity index (χ1v) is 10.7. The summed E-state index contributed by atoms with van der Waals surface area (Å²) in [5, 5.41) is 11.0. The predicted octanol–water partition coefficient (Wildman–Crippen LogP) is 5.54. The molecule has 1 saturated carbocycles. The van der Waals surface area contributed by atoms with Gasteiger partial charge in [-0.2, -0.15) is 0 Å². The third kappa shape index (κ3) is 4.31. The molecule has 4 rings (SSSR count). The van der Waals surface area contributed by atoms with E-state index in [2.05, 4.69) is 19.1 Å². The number of hydrogen-bond donors (Lipinski definition) is 1. The molecule has 2 aromatic rings. The van der Waals surface area contributed by atoms with Crippen molar-refractivity contribution in [1.82, 2.24) is 0 Å². The number of esters is 1. The number of anilines is 1. The van der Waals surface area contributed by atoms with Crippen LogP contribution in [0.4, 0.5) is 5.69 Å². The van der Waals surface area contributed by atoms with Gasteiger partial charge in [0.15, 0.2) is 5.70 Å². The SMILES string of the molecule is CCCC1(CCc2ccccc2)CC(O)=C(N(c2ccccc2)C2CC2)C(=O)O1. The van der Waals surface area contributed by atoms with Gasteiger partial charge in [-0.1, -0.05) is 61.9 Å². The zero-order valence-corrected chi connectivity index (χ0v) is 17.0. The first-order valence-electron chi connectivity index (χ1n) is 10.7. The number of aliphatic hydroxyl groups excluding tert-OH is 1. The minimum Gasteiger partial charge on any atom is -0.510 e. The lowest BCUT2D eigenvalue weighted by Crippen LogP contribution is -2.45. The molecule has 0 amide bonds. The molecule has 1 N–H and O–H groups in total. The van der Waals surface area contributed by atoms with E-state index in [0.29, 0.717) is 18.5 Å². The fourth-order valence-corrected chi connectivity index (χ4v) is 4.35. The van der Waals surface area contributed by atoms with E-state index in [4.69, 9.17) is 4.74 Å². The lowest BCUT2D eigenvalue weighted by atomic mass is 9.84. The molecule has 152 valence electrons. The van der Waals surface area contributed by atoms with E-state index in [1.54, 1.807) is 0 Å². The Labute approximate surface area is 172 Å². The average molecular weight is 392 g/mol. The maximum atomic E-state index is 13.2. The normalized spacial score (nSPS) is 21.8. The minimum absolute atomic E-state index is 0.165. The minimum atomic E-state index is -0.638. The molecule has 1 fully saturated rings. The average Bonchev–Trinajstić information content (AvgIpc) is 3.56. The molecule has 0 bridgehead atoms. The molecule has 0 radical (unpaired) electrons. The van der Waals surface area contributed by atoms with Crippen LogP contribution in [0.1, 0.15) is 51.0 Å². The monoisotopic (exact) mass is 391 g/mol. The zero-order chi connectivity index (χ0) is 20.3. The Morgan fingerprint density at radius 3 is 2.28 bits per heavy atom. The summed E-state index contributed by atoms with van der Waals surface area (Å²) in [5.74, 6) is -0.232. The van der Waals surface area contributed by atoms with Crippen molar-refractivity contribution in [2.75, 3.05) is 4.90 Å². The summed E-state index contributed by atoms with van der Waals surface area (Å²) in [7, 11) is 0. The van der Waals surface area contributed by atoms with Crippen molar-refractivity contribution >= 4 is 11.7 Å². The summed E-state index contributed by atoms with van der Waals surface area (Å²) in [6.07, 6.45) is 5.60. The van der Waals surface area contributed by atoms with Crippen LogP contribution in [0.15, 0.2) is 72.1 Å². The number of para-hydroxylation sites is 1. The number of aryl methyl sites for hydroxylation is 1. The van der Waals surface area contributed by atoms with Crippen LogP contribution < -0.4 is 4.90 Å². The van der Waals surface area contributed by atoms with Gasteiger partial charge in [0.05, 0.1) is 0 Å². The standard InChI is InChI=1S/C25H29NO3/c1-2-16-25(17-15-19-9-5-3-6-10-19)18-22(27)23(24(28)29-25)26(21-13-14-21)20-11-7-4-8-12-20/h3-12,21,27H,2,13-18H2,1H3. The molecule has 2 aliphatic rings. The van der Waals surface area contributed by atoms with Crippen LogP contribution in [-0.4, -0.2) is 22.7 Å². The molecule has 2 aromatic carbocycles. The van der Waals surface area contributed by atoms with Crippen molar-refractivity contribution in [1.29, 1.82) is 0 Å². The number of nitrogens with zero attached hydrogens (tertiary/aromatic N) is 1. The van der Waals surface area contributed by atoms with E-state index in [1.807, 2.05) is 53.4 Å². The summed E-state index contributed by atoms with van der Waals surface area (Å²) in [4.78, 5) is 15.1. The highest BCUT2D eigenvalue weighted by atomic mass is 16.6. The molecule has 1 heterocycles. The summed E-state index contributed by atoms with van der Waals surface area (Å²) >= 11 is 0. The van der Waals surface area contributed by atoms with E-state index in [9.17, 15) is 9.90 Å². The maximum absolute atomic E-state index is 13.2. The molecule has 0 aromatic heterocycles. The second-order valence-corrected chi connectivity index (χ2v) is 8.22. The van der Waals surface area contributed by atoms with Gasteiger partial charge >= 0.3 is 5.97 Å². The van der Waals surface area contributed by atoms with Crippen LogP contribution >= 0.6 is 0 Å². The molecule has 0 saturated heterocycles. The molecule has 1 aliphatic heterocycles. The number of ether oxygens (including phenoxy) is 1. The van der Waals surface area contributed by atoms with Crippen LogP contribution in [0.5, 0.6) is 0 Å². The molecule has 4 nitrogen and oxygen atoms in total. The Morgan fingerprint density at radius 1 is 1.03 bits per heavy atom. The quantitative estimate of drug-likeness (QED) is 0.600. The van der Waals surface area contributed by atoms with Gasteiger partial charge in [0, 0.05) is 18.2 Å². The Balaban J connectivity index is 1.61. The number of carbonyl (C=O) groups is 1. The van der Waals surface area contributed by atoms with Crippen LogP contribution in [0.2, 0.25) is 0 Å². The van der Waals surface area contributed by atoms with E-state index in [-0.39, 0.29) is 11.8 Å². The van der Waals surface area contributed by atoms with Gasteiger partial charge in [-0.15, -0.1) is 0 Å². The molecule has 4 heteroatoms. The molecule has 29 heavy (non-hydrogen) atoms. The molecule has 1 atom stereocenters. The topological polar surface area (TPSA) is 49.8 Å². The summed E-state index contributed by atoms with van der Waals surface area (Å²) in [6.45, 7) is 2.09. The lowest BCUT2D eigenvalue weighted by molar-refractivity contribution is -0.160. The predicted molar refractivity (Wildman–Crippen MR) is 115 cm³/mol. The van der Waals surface area contributed by atoms with Crippen LogP contribution in [-0.2, 0) is 16.0 Å². The van der Waals surface area contributed by atoms with Gasteiger partial charge in [0.25, 0.3) is 0 Å². The third-order valence-electron chi connectivity index (χ3n) is 5.87. The second kappa shape index (κ2) is 8.32. The van der Waals surface area contributed by atoms with Crippen LogP contribution in [0, 0.1) is 0 Å². The molecule has 0 spiro atoms. The first-order chi connectivity index (χ1) is 14.1. The summed E-state index contributed by atoms with van der Waals surface area (Å²) in [5.41, 5.74) is 1.84. The number of carbonyl (C=O) groups excluding carboxylic acids is 1. The highest BCUT2D eigenvalue weighted by Gasteiger charge is 2.45. The van der Waals surface area contributed by atoms with Gasteiger partial charge in [-0.25, -0.2) is 4.79 Å². The number of aliphatic hydroxyl groups is 1. The number of cyclic esters (lactones) is 1. The van der Waals surface area contributed by atoms with Gasteiger partial charge < -0.3 is 14.7 Å². The summed E-state index contributed by atoms with van der Waals surface area (Å²) in [6, 6.07) is 20.3. The van der Waals surface area contributed by atoms with Crippen molar-refractivity contribution in [3.63, 3.8) is 0 Å². The molecular weight excluding hydrogens is 362 g/mol. The maximum Gasteiger partial charge on any atom is 0.359 e. The zero-order valence-electron chi connectivity index (χ0n) is 17.0. The number of hydrogen-bond acceptors (Lipinski definition) is 4. The smallest absolute Gasteiger partial charge is 0.359 e. The number of benzene rings is 2. The van der Waals surface area contributed by atoms with Gasteiger partial charge in [0.1, 0.15) is 11.4 Å². The van der Waals surface area contributed by atoms with Crippen LogP contribution in [0.25, 0.3) is 0 Å². The first kappa shape index (κ1) is 19.6. The lowest BCUT2D eigenvalue weighted by Gasteiger charge is -2.40. The number of rotatable bonds is 8. The van der Waals surface area contributed by atoms with Gasteiger partial charge in [-0.3, -0.25) is 0 Å². The Hall–Kier alpha value is -2.75. The Morgan fingerprint density at radius 2 is 1.69 bits per heavy atom. The van der Waals surface area contributed by atoms with E-state index < -0.39 is 11.6 Å². The highest BCUT2D eigenvalue weighted by molar-refractivity contribution is 5.94. The molecular formula is C25H29NO3. The van der Waals surface area contributed by atoms with Gasteiger partial charge in [0.2, 0.25) is 0 Å². The van der Waals surface area contributed by atoms with Crippen LogP contribution in [0.3, 0.4) is 0 Å². The largest absolute Gasteiger partial charge is 0.510 e. The van der Waals surface area contributed by atoms with Crippen molar-refractivity contribution < 1.29 is 14.6 Å². The van der Waals surface area contributed by atoms with E-state index >= 15 is 0 Å². The van der Waals surface area contributed by atoms with E-state index in [1.165, 1.54) is 5.56 Å². The highest BCUT2D eigenvalue weighted by Crippen LogP contribution is 2.42. The molecule has 1 unspecified atom stereocenters. The van der Waals surface area contributed by atoms with Crippen molar-refractivity contribution in [3.8, 4) is 0 Å². The van der Waals surface area contributed by atoms with Crippen molar-refractivity contribution in [2.24, 2.45) is 0 Å². The van der Waals surface area contributed by atoms with Gasteiger partial charge in [-0.05, 0) is 49.8 Å². The summed E-state index contributed by atoms with van der Waals surface area (Å²) < 4.78 is 6.10. The van der Waals surface area contributed by atoms with E-state index in [0.717, 1.165) is 37.8 Å². The second-order valence-electron chi connectivity index (χ2n) is 8.22. The van der Waals surface area contributed by atoms with Crippen molar-refractivity contribution in [3.05, 3.63) is 77.7 Å². The fraction of sp³-hybridized carbons (Fsp3) is 0.400.